The van der Waals surface area contributed by atoms with Gasteiger partial charge in [0.1, 0.15) is 5.82 Å². The molecule has 2 aliphatic heterocycles. The van der Waals surface area contributed by atoms with Gasteiger partial charge in [0.05, 0.1) is 30.5 Å². The van der Waals surface area contributed by atoms with Crippen molar-refractivity contribution in [3.8, 4) is 0 Å². The Kier molecular flexibility index (Phi) is 5.48. The standard InChI is InChI=1S/C23H22ClN5OS/c24-17-7-5-15(6-8-17)20-14-21(29(27-20)23(25)31)18-13-16-3-1-2-4-19(16)26-22(18)28-9-11-30-12-10-28/h1-8,13,21H,9-12,14H2,(H2,25,31). The molecule has 2 aromatic carbocycles. The van der Waals surface area contributed by atoms with Crippen LogP contribution in [-0.2, 0) is 4.74 Å². The zero-order chi connectivity index (χ0) is 21.4. The number of para-hydroxylation sites is 1. The van der Waals surface area contributed by atoms with E-state index in [4.69, 9.17) is 44.4 Å². The fourth-order valence-electron chi connectivity index (χ4n) is 4.17. The Balaban J connectivity index is 1.59. The summed E-state index contributed by atoms with van der Waals surface area (Å²) in [7, 11) is 0. The zero-order valence-corrected chi connectivity index (χ0v) is 18.4. The van der Waals surface area contributed by atoms with Crippen LogP contribution in [0.4, 0.5) is 5.82 Å². The van der Waals surface area contributed by atoms with Crippen LogP contribution >= 0.6 is 23.8 Å². The van der Waals surface area contributed by atoms with Gasteiger partial charge in [0.15, 0.2) is 5.11 Å². The predicted molar refractivity (Wildman–Crippen MR) is 129 cm³/mol. The van der Waals surface area contributed by atoms with Gasteiger partial charge in [-0.2, -0.15) is 5.10 Å². The van der Waals surface area contributed by atoms with E-state index in [-0.39, 0.29) is 11.2 Å². The molecule has 6 nitrogen and oxygen atoms in total. The second kappa shape index (κ2) is 8.42. The minimum absolute atomic E-state index is 0.127. The van der Waals surface area contributed by atoms with E-state index in [1.54, 1.807) is 5.01 Å². The molecule has 1 fully saturated rings. The molecule has 0 aliphatic carbocycles. The van der Waals surface area contributed by atoms with Crippen LogP contribution in [0.15, 0.2) is 59.7 Å². The van der Waals surface area contributed by atoms with Gasteiger partial charge in [0, 0.05) is 35.5 Å². The van der Waals surface area contributed by atoms with Gasteiger partial charge >= 0.3 is 0 Å². The number of fused-ring (bicyclic) bond motifs is 1. The predicted octanol–water partition coefficient (Wildman–Crippen LogP) is 4.12. The number of rotatable bonds is 3. The van der Waals surface area contributed by atoms with Crippen molar-refractivity contribution in [3.63, 3.8) is 0 Å². The maximum absolute atomic E-state index is 6.11. The molecule has 0 spiro atoms. The Morgan fingerprint density at radius 1 is 1.10 bits per heavy atom. The quantitative estimate of drug-likeness (QED) is 0.604. The highest BCUT2D eigenvalue weighted by molar-refractivity contribution is 7.80. The normalized spacial score (nSPS) is 19.0. The van der Waals surface area contributed by atoms with Crippen LogP contribution in [0.5, 0.6) is 0 Å². The average Bonchev–Trinajstić information content (AvgIpc) is 3.25. The summed E-state index contributed by atoms with van der Waals surface area (Å²) in [4.78, 5) is 7.32. The van der Waals surface area contributed by atoms with Crippen LogP contribution in [0.3, 0.4) is 0 Å². The Labute approximate surface area is 191 Å². The molecule has 0 saturated carbocycles. The highest BCUT2D eigenvalue weighted by Crippen LogP contribution is 2.38. The summed E-state index contributed by atoms with van der Waals surface area (Å²) in [6.07, 6.45) is 0.677. The third-order valence-electron chi connectivity index (χ3n) is 5.72. The first-order chi connectivity index (χ1) is 15.1. The zero-order valence-electron chi connectivity index (χ0n) is 16.9. The van der Waals surface area contributed by atoms with E-state index in [0.717, 1.165) is 46.6 Å². The van der Waals surface area contributed by atoms with Crippen molar-refractivity contribution < 1.29 is 4.74 Å². The van der Waals surface area contributed by atoms with Crippen LogP contribution in [0.1, 0.15) is 23.6 Å². The Morgan fingerprint density at radius 2 is 1.84 bits per heavy atom. The summed E-state index contributed by atoms with van der Waals surface area (Å²) >= 11 is 11.4. The molecular formula is C23H22ClN5OS. The highest BCUT2D eigenvalue weighted by atomic mass is 35.5. The van der Waals surface area contributed by atoms with Gasteiger partial charge in [-0.15, -0.1) is 0 Å². The average molecular weight is 452 g/mol. The summed E-state index contributed by atoms with van der Waals surface area (Å²) < 4.78 is 5.56. The number of halogens is 1. The van der Waals surface area contributed by atoms with Gasteiger partial charge in [-0.1, -0.05) is 41.9 Å². The van der Waals surface area contributed by atoms with Crippen molar-refractivity contribution in [1.82, 2.24) is 9.99 Å². The Bertz CT molecular complexity index is 1160. The van der Waals surface area contributed by atoms with Crippen molar-refractivity contribution in [3.05, 3.63) is 70.7 Å². The largest absolute Gasteiger partial charge is 0.378 e. The Morgan fingerprint density at radius 3 is 2.58 bits per heavy atom. The lowest BCUT2D eigenvalue weighted by Gasteiger charge is -2.32. The van der Waals surface area contributed by atoms with Gasteiger partial charge in [-0.3, -0.25) is 0 Å². The molecule has 0 radical (unpaired) electrons. The Hall–Kier alpha value is -2.74. The molecule has 31 heavy (non-hydrogen) atoms. The van der Waals surface area contributed by atoms with Crippen molar-refractivity contribution in [2.75, 3.05) is 31.2 Å². The van der Waals surface area contributed by atoms with Crippen molar-refractivity contribution >= 4 is 51.4 Å². The molecule has 1 unspecified atom stereocenters. The van der Waals surface area contributed by atoms with Gasteiger partial charge in [-0.25, -0.2) is 9.99 Å². The van der Waals surface area contributed by atoms with Gasteiger partial charge < -0.3 is 15.4 Å². The molecule has 8 heteroatoms. The lowest BCUT2D eigenvalue weighted by atomic mass is 9.97. The third-order valence-corrected chi connectivity index (χ3v) is 6.15. The van der Waals surface area contributed by atoms with E-state index in [9.17, 15) is 0 Å². The number of benzene rings is 2. The van der Waals surface area contributed by atoms with E-state index >= 15 is 0 Å². The molecule has 2 aliphatic rings. The van der Waals surface area contributed by atoms with Gasteiger partial charge in [0.2, 0.25) is 0 Å². The van der Waals surface area contributed by atoms with Crippen LogP contribution in [-0.4, -0.2) is 47.1 Å². The summed E-state index contributed by atoms with van der Waals surface area (Å²) in [5.41, 5.74) is 10.1. The van der Waals surface area contributed by atoms with E-state index in [1.807, 2.05) is 42.5 Å². The first-order valence-corrected chi connectivity index (χ1v) is 11.0. The molecule has 3 heterocycles. The van der Waals surface area contributed by atoms with Crippen molar-refractivity contribution in [2.45, 2.75) is 12.5 Å². The van der Waals surface area contributed by atoms with E-state index < -0.39 is 0 Å². The van der Waals surface area contributed by atoms with Crippen LogP contribution < -0.4 is 10.6 Å². The number of morpholine rings is 1. The molecule has 1 saturated heterocycles. The first-order valence-electron chi connectivity index (χ1n) is 10.2. The smallest absolute Gasteiger partial charge is 0.187 e. The number of hydrogen-bond acceptors (Lipinski definition) is 5. The summed E-state index contributed by atoms with van der Waals surface area (Å²) in [5, 5.41) is 8.55. The molecule has 1 atom stereocenters. The molecule has 0 bridgehead atoms. The molecular weight excluding hydrogens is 430 g/mol. The molecule has 158 valence electrons. The van der Waals surface area contributed by atoms with E-state index in [0.29, 0.717) is 24.7 Å². The SMILES string of the molecule is NC(=S)N1N=C(c2ccc(Cl)cc2)CC1c1cc2ccccc2nc1N1CCOCC1. The van der Waals surface area contributed by atoms with E-state index in [1.165, 1.54) is 0 Å². The van der Waals surface area contributed by atoms with Crippen LogP contribution in [0.2, 0.25) is 5.02 Å². The number of hydrogen-bond donors (Lipinski definition) is 1. The second-order valence-corrected chi connectivity index (χ2v) is 8.50. The number of ether oxygens (including phenoxy) is 1. The number of pyridine rings is 1. The number of nitrogens with two attached hydrogens (primary N) is 1. The maximum Gasteiger partial charge on any atom is 0.187 e. The minimum Gasteiger partial charge on any atom is -0.378 e. The lowest BCUT2D eigenvalue weighted by Crippen LogP contribution is -2.39. The fraction of sp³-hybridized carbons (Fsp3) is 0.261. The van der Waals surface area contributed by atoms with Crippen molar-refractivity contribution in [1.29, 1.82) is 0 Å². The number of nitrogens with zero attached hydrogens (tertiary/aromatic N) is 4. The monoisotopic (exact) mass is 451 g/mol. The maximum atomic E-state index is 6.11. The van der Waals surface area contributed by atoms with E-state index in [2.05, 4.69) is 17.0 Å². The van der Waals surface area contributed by atoms with Crippen LogP contribution in [0.25, 0.3) is 10.9 Å². The second-order valence-electron chi connectivity index (χ2n) is 7.65. The number of anilines is 1. The van der Waals surface area contributed by atoms with Crippen LogP contribution in [0, 0.1) is 0 Å². The molecule has 3 aromatic rings. The topological polar surface area (TPSA) is 67.0 Å². The minimum atomic E-state index is -0.127. The molecule has 2 N–H and O–H groups in total. The van der Waals surface area contributed by atoms with Crippen molar-refractivity contribution in [2.24, 2.45) is 10.8 Å². The number of thiocarbonyl (C=S) groups is 1. The first kappa shape index (κ1) is 20.2. The molecule has 5 rings (SSSR count). The number of aromatic nitrogens is 1. The summed E-state index contributed by atoms with van der Waals surface area (Å²) in [6, 6.07) is 17.9. The van der Waals surface area contributed by atoms with Gasteiger partial charge in [-0.05, 0) is 42.0 Å². The summed E-state index contributed by atoms with van der Waals surface area (Å²) in [5.74, 6) is 0.945. The fourth-order valence-corrected chi connectivity index (χ4v) is 4.46. The number of hydrazone groups is 1. The lowest BCUT2D eigenvalue weighted by molar-refractivity contribution is 0.122. The summed E-state index contributed by atoms with van der Waals surface area (Å²) in [6.45, 7) is 2.96. The molecule has 0 amide bonds. The third kappa shape index (κ3) is 3.96. The van der Waals surface area contributed by atoms with Gasteiger partial charge in [0.25, 0.3) is 0 Å². The highest BCUT2D eigenvalue weighted by Gasteiger charge is 2.34. The molecule has 1 aromatic heterocycles.